The van der Waals surface area contributed by atoms with E-state index in [1.54, 1.807) is 0 Å². The highest BCUT2D eigenvalue weighted by molar-refractivity contribution is 5.88. The van der Waals surface area contributed by atoms with Gasteiger partial charge in [0.25, 0.3) is 0 Å². The summed E-state index contributed by atoms with van der Waals surface area (Å²) in [5, 5.41) is 9.17. The van der Waals surface area contributed by atoms with E-state index < -0.39 is 0 Å². The molecule has 0 aliphatic rings. The van der Waals surface area contributed by atoms with Crippen LogP contribution in [0.4, 0.5) is 0 Å². The normalized spacial score (nSPS) is 11.7. The average molecular weight is 314 g/mol. The van der Waals surface area contributed by atoms with Gasteiger partial charge in [0.15, 0.2) is 0 Å². The first-order valence-corrected chi connectivity index (χ1v) is 8.12. The minimum Gasteiger partial charge on any atom is -0.355 e. The molecule has 0 aromatic heterocycles. The van der Waals surface area contributed by atoms with E-state index in [1.807, 2.05) is 34.9 Å². The van der Waals surface area contributed by atoms with Gasteiger partial charge in [-0.3, -0.25) is 14.5 Å². The van der Waals surface area contributed by atoms with Crippen molar-refractivity contribution in [3.8, 4) is 0 Å². The van der Waals surface area contributed by atoms with E-state index >= 15 is 0 Å². The molecule has 0 bridgehead atoms. The second kappa shape index (κ2) is 11.6. The second-order valence-electron chi connectivity index (χ2n) is 6.57. The summed E-state index contributed by atoms with van der Waals surface area (Å²) in [5.41, 5.74) is -0.364. The van der Waals surface area contributed by atoms with E-state index in [-0.39, 0.29) is 23.5 Å². The molecule has 0 aromatic rings. The van der Waals surface area contributed by atoms with Crippen LogP contribution in [0.15, 0.2) is 0 Å². The molecule has 0 spiro atoms. The first-order valence-electron chi connectivity index (χ1n) is 8.12. The van der Waals surface area contributed by atoms with Crippen LogP contribution in [0.2, 0.25) is 0 Å². The number of hydrogen-bond donors (Lipinski definition) is 3. The summed E-state index contributed by atoms with van der Waals surface area (Å²) in [4.78, 5) is 25.9. The molecular weight excluding hydrogens is 280 g/mol. The highest BCUT2D eigenvalue weighted by Crippen LogP contribution is 2.17. The second-order valence-corrected chi connectivity index (χ2v) is 6.57. The Hall–Kier alpha value is -0.980. The van der Waals surface area contributed by atoms with Crippen molar-refractivity contribution in [2.45, 2.75) is 33.6 Å². The number of amides is 1. The summed E-state index contributed by atoms with van der Waals surface area (Å²) in [6.07, 6.45) is 0.599. The Bertz CT molecular complexity index is 319. The summed E-state index contributed by atoms with van der Waals surface area (Å²) >= 11 is 0. The number of hydrogen-bond acceptors (Lipinski definition) is 5. The van der Waals surface area contributed by atoms with E-state index in [9.17, 15) is 9.59 Å². The van der Waals surface area contributed by atoms with Crippen LogP contribution in [-0.2, 0) is 9.59 Å². The van der Waals surface area contributed by atoms with Crippen molar-refractivity contribution in [3.05, 3.63) is 0 Å². The molecule has 1 amide bonds. The Morgan fingerprint density at radius 2 is 1.36 bits per heavy atom. The number of Topliss-reactive ketones (excluding diaryl/α,β-unsaturated/α-hetero) is 1. The predicted octanol–water partition coefficient (Wildman–Crippen LogP) is 0.239. The van der Waals surface area contributed by atoms with Gasteiger partial charge < -0.3 is 16.0 Å². The number of nitrogens with zero attached hydrogens (tertiary/aromatic N) is 1. The Labute approximate surface area is 135 Å². The lowest BCUT2D eigenvalue weighted by atomic mass is 9.88. The van der Waals surface area contributed by atoms with Crippen molar-refractivity contribution >= 4 is 11.7 Å². The third kappa shape index (κ3) is 10.7. The molecule has 0 fully saturated rings. The van der Waals surface area contributed by atoms with Crippen molar-refractivity contribution < 1.29 is 9.59 Å². The van der Waals surface area contributed by atoms with Gasteiger partial charge in [0.2, 0.25) is 5.91 Å². The number of rotatable bonds is 12. The lowest BCUT2D eigenvalue weighted by Gasteiger charge is -2.22. The summed E-state index contributed by atoms with van der Waals surface area (Å²) in [6.45, 7) is 10.9. The Morgan fingerprint density at radius 1 is 0.864 bits per heavy atom. The fourth-order valence-electron chi connectivity index (χ4n) is 1.92. The molecule has 6 heteroatoms. The van der Waals surface area contributed by atoms with Crippen LogP contribution < -0.4 is 16.0 Å². The molecule has 6 nitrogen and oxygen atoms in total. The van der Waals surface area contributed by atoms with Gasteiger partial charge in [-0.05, 0) is 14.1 Å². The van der Waals surface area contributed by atoms with Gasteiger partial charge in [-0.1, -0.05) is 20.8 Å². The highest BCUT2D eigenvalue weighted by Gasteiger charge is 2.21. The summed E-state index contributed by atoms with van der Waals surface area (Å²) in [6, 6.07) is 0. The van der Waals surface area contributed by atoms with Crippen molar-refractivity contribution in [2.24, 2.45) is 5.41 Å². The largest absolute Gasteiger partial charge is 0.355 e. The van der Waals surface area contributed by atoms with Gasteiger partial charge in [-0.2, -0.15) is 0 Å². The zero-order valence-electron chi connectivity index (χ0n) is 14.9. The molecule has 0 aliphatic heterocycles. The summed E-state index contributed by atoms with van der Waals surface area (Å²) < 4.78 is 0. The van der Waals surface area contributed by atoms with Crippen LogP contribution in [0, 0.1) is 5.41 Å². The fourth-order valence-corrected chi connectivity index (χ4v) is 1.92. The van der Waals surface area contributed by atoms with E-state index in [2.05, 4.69) is 20.9 Å². The molecule has 130 valence electrons. The molecule has 0 aromatic carbocycles. The van der Waals surface area contributed by atoms with Crippen LogP contribution in [0.25, 0.3) is 0 Å². The fraction of sp³-hybridized carbons (Fsp3) is 0.875. The lowest BCUT2D eigenvalue weighted by Crippen LogP contribution is -2.40. The molecule has 0 radical (unpaired) electrons. The van der Waals surface area contributed by atoms with Crippen LogP contribution in [0.5, 0.6) is 0 Å². The minimum absolute atomic E-state index is 0.0419. The number of carbonyl (C=O) groups is 2. The topological polar surface area (TPSA) is 73.5 Å². The monoisotopic (exact) mass is 314 g/mol. The van der Waals surface area contributed by atoms with Gasteiger partial charge in [-0.15, -0.1) is 0 Å². The van der Waals surface area contributed by atoms with Crippen molar-refractivity contribution in [1.29, 1.82) is 0 Å². The van der Waals surface area contributed by atoms with Gasteiger partial charge in [0.05, 0.1) is 0 Å². The van der Waals surface area contributed by atoms with Gasteiger partial charge in [-0.25, -0.2) is 0 Å². The molecule has 0 saturated carbocycles. The van der Waals surface area contributed by atoms with Crippen molar-refractivity contribution in [1.82, 2.24) is 20.9 Å². The van der Waals surface area contributed by atoms with Crippen LogP contribution in [0.3, 0.4) is 0 Å². The smallest absolute Gasteiger partial charge is 0.220 e. The van der Waals surface area contributed by atoms with E-state index in [0.717, 1.165) is 32.7 Å². The van der Waals surface area contributed by atoms with E-state index in [0.29, 0.717) is 13.0 Å². The minimum atomic E-state index is -0.364. The maximum atomic E-state index is 11.8. The average Bonchev–Trinajstić information content (AvgIpc) is 2.45. The number of nitrogens with one attached hydrogen (secondary N) is 3. The highest BCUT2D eigenvalue weighted by atomic mass is 16.2. The zero-order chi connectivity index (χ0) is 17.0. The van der Waals surface area contributed by atoms with E-state index in [1.165, 1.54) is 0 Å². The van der Waals surface area contributed by atoms with Gasteiger partial charge in [0.1, 0.15) is 5.78 Å². The molecule has 0 rings (SSSR count). The molecule has 0 aliphatic carbocycles. The van der Waals surface area contributed by atoms with Crippen molar-refractivity contribution in [3.63, 3.8) is 0 Å². The third-order valence-electron chi connectivity index (χ3n) is 3.52. The predicted molar refractivity (Wildman–Crippen MR) is 91.0 cm³/mol. The molecular formula is C16H34N4O2. The third-order valence-corrected chi connectivity index (χ3v) is 3.52. The van der Waals surface area contributed by atoms with E-state index in [4.69, 9.17) is 0 Å². The van der Waals surface area contributed by atoms with Crippen LogP contribution in [-0.4, -0.2) is 70.0 Å². The van der Waals surface area contributed by atoms with Crippen LogP contribution >= 0.6 is 0 Å². The molecule has 0 atom stereocenters. The first-order chi connectivity index (χ1) is 10.3. The Kier molecular flexibility index (Phi) is 11.1. The van der Waals surface area contributed by atoms with Gasteiger partial charge >= 0.3 is 0 Å². The zero-order valence-corrected chi connectivity index (χ0v) is 14.9. The molecule has 0 heterocycles. The molecule has 22 heavy (non-hydrogen) atoms. The van der Waals surface area contributed by atoms with Crippen molar-refractivity contribution in [2.75, 3.05) is 53.4 Å². The Balaban J connectivity index is 3.93. The van der Waals surface area contributed by atoms with Crippen LogP contribution in [0.1, 0.15) is 33.6 Å². The number of ketones is 1. The summed E-state index contributed by atoms with van der Waals surface area (Å²) in [7, 11) is 3.87. The first kappa shape index (κ1) is 21.0. The summed E-state index contributed by atoms with van der Waals surface area (Å²) in [5.74, 6) is 0.0899. The maximum absolute atomic E-state index is 11.8. The maximum Gasteiger partial charge on any atom is 0.220 e. The van der Waals surface area contributed by atoms with Gasteiger partial charge in [0, 0.05) is 57.5 Å². The Morgan fingerprint density at radius 3 is 1.82 bits per heavy atom. The molecule has 0 unspecified atom stereocenters. The number of carbonyl (C=O) groups excluding carboxylic acids is 2. The molecule has 3 N–H and O–H groups in total. The standard InChI is InChI=1S/C16H34N4O2/c1-16(2,3)14(21)6-7-15(22)19-10-13-20(11-8-17-4)12-9-18-5/h17-18H,6-13H2,1-5H3,(H,19,22). The lowest BCUT2D eigenvalue weighted by molar-refractivity contribution is -0.129. The number of likely N-dealkylation sites (N-methyl/N-ethyl adjacent to an activating group) is 2. The SMILES string of the molecule is CNCCN(CCNC)CCNC(=O)CCC(=O)C(C)(C)C. The quantitative estimate of drug-likeness (QED) is 0.481. The molecule has 0 saturated heterocycles.